The SMILES string of the molecule is N#Cc1c2n(c3ccccc3c1=O)CCCN2. The molecule has 0 spiro atoms. The number of nitrogens with one attached hydrogen (secondary N) is 1. The molecule has 0 fully saturated rings. The second-order valence-corrected chi connectivity index (χ2v) is 4.11. The van der Waals surface area contributed by atoms with Crippen molar-refractivity contribution in [2.45, 2.75) is 13.0 Å². The largest absolute Gasteiger partial charge is 0.370 e. The minimum absolute atomic E-state index is 0.177. The molecule has 0 saturated carbocycles. The van der Waals surface area contributed by atoms with Gasteiger partial charge in [-0.1, -0.05) is 12.1 Å². The fourth-order valence-corrected chi connectivity index (χ4v) is 2.36. The van der Waals surface area contributed by atoms with Crippen LogP contribution in [-0.2, 0) is 6.54 Å². The van der Waals surface area contributed by atoms with Crippen molar-refractivity contribution in [2.24, 2.45) is 0 Å². The number of nitrogens with zero attached hydrogens (tertiary/aromatic N) is 2. The lowest BCUT2D eigenvalue weighted by Gasteiger charge is -2.23. The van der Waals surface area contributed by atoms with E-state index in [4.69, 9.17) is 5.26 Å². The third kappa shape index (κ3) is 1.32. The summed E-state index contributed by atoms with van der Waals surface area (Å²) in [6.07, 6.45) is 1.00. The number of pyridine rings is 1. The smallest absolute Gasteiger partial charge is 0.209 e. The van der Waals surface area contributed by atoms with Gasteiger partial charge in [0.15, 0.2) is 0 Å². The summed E-state index contributed by atoms with van der Waals surface area (Å²) in [5.41, 5.74) is 0.950. The van der Waals surface area contributed by atoms with Crippen molar-refractivity contribution >= 4 is 16.7 Å². The Balaban J connectivity index is 2.53. The standard InChI is InChI=1S/C13H11N3O/c14-8-10-12(17)9-4-1-2-5-11(9)16-7-3-6-15-13(10)16/h1-2,4-5,15H,3,6-7H2. The molecule has 0 atom stereocenters. The molecular formula is C13H11N3O. The topological polar surface area (TPSA) is 57.8 Å². The minimum Gasteiger partial charge on any atom is -0.370 e. The summed E-state index contributed by atoms with van der Waals surface area (Å²) in [4.78, 5) is 12.2. The van der Waals surface area contributed by atoms with Gasteiger partial charge in [0.25, 0.3) is 0 Å². The first-order valence-corrected chi connectivity index (χ1v) is 5.62. The summed E-state index contributed by atoms with van der Waals surface area (Å²) in [6.45, 7) is 1.66. The highest BCUT2D eigenvalue weighted by Crippen LogP contribution is 2.23. The number of anilines is 1. The maximum atomic E-state index is 12.2. The van der Waals surface area contributed by atoms with E-state index in [1.165, 1.54) is 0 Å². The van der Waals surface area contributed by atoms with Crippen molar-refractivity contribution in [2.75, 3.05) is 11.9 Å². The van der Waals surface area contributed by atoms with Crippen LogP contribution in [0.2, 0.25) is 0 Å². The van der Waals surface area contributed by atoms with Crippen LogP contribution in [0.25, 0.3) is 10.9 Å². The number of benzene rings is 1. The molecule has 17 heavy (non-hydrogen) atoms. The molecule has 1 N–H and O–H groups in total. The summed E-state index contributed by atoms with van der Waals surface area (Å²) < 4.78 is 2.03. The molecular weight excluding hydrogens is 214 g/mol. The quantitative estimate of drug-likeness (QED) is 0.742. The van der Waals surface area contributed by atoms with E-state index in [9.17, 15) is 4.79 Å². The van der Waals surface area contributed by atoms with Crippen LogP contribution < -0.4 is 10.7 Å². The first-order chi connectivity index (χ1) is 8.33. The number of aryl methyl sites for hydroxylation is 1. The van der Waals surface area contributed by atoms with Gasteiger partial charge in [-0.15, -0.1) is 0 Å². The van der Waals surface area contributed by atoms with Crippen molar-refractivity contribution in [3.05, 3.63) is 40.1 Å². The van der Waals surface area contributed by atoms with Crippen LogP contribution in [0.5, 0.6) is 0 Å². The monoisotopic (exact) mass is 225 g/mol. The Morgan fingerprint density at radius 3 is 3.00 bits per heavy atom. The van der Waals surface area contributed by atoms with Crippen LogP contribution in [0, 0.1) is 11.3 Å². The zero-order chi connectivity index (χ0) is 11.8. The Kier molecular flexibility index (Phi) is 2.12. The summed E-state index contributed by atoms with van der Waals surface area (Å²) in [5.74, 6) is 0.669. The number of hydrogen-bond acceptors (Lipinski definition) is 3. The van der Waals surface area contributed by atoms with Gasteiger partial charge in [-0.3, -0.25) is 4.79 Å². The van der Waals surface area contributed by atoms with Gasteiger partial charge in [0, 0.05) is 18.5 Å². The van der Waals surface area contributed by atoms with Gasteiger partial charge in [-0.25, -0.2) is 0 Å². The highest BCUT2D eigenvalue weighted by molar-refractivity contribution is 5.84. The van der Waals surface area contributed by atoms with E-state index in [1.807, 2.05) is 28.8 Å². The number of hydrogen-bond donors (Lipinski definition) is 1. The van der Waals surface area contributed by atoms with Crippen molar-refractivity contribution < 1.29 is 0 Å². The fraction of sp³-hybridized carbons (Fsp3) is 0.231. The number of para-hydroxylation sites is 1. The Morgan fingerprint density at radius 1 is 1.35 bits per heavy atom. The number of nitriles is 1. The third-order valence-electron chi connectivity index (χ3n) is 3.14. The van der Waals surface area contributed by atoms with Crippen molar-refractivity contribution in [3.8, 4) is 6.07 Å². The molecule has 0 aliphatic carbocycles. The molecule has 0 radical (unpaired) electrons. The van der Waals surface area contributed by atoms with Crippen LogP contribution in [-0.4, -0.2) is 11.1 Å². The number of rotatable bonds is 0. The molecule has 2 aromatic rings. The lowest BCUT2D eigenvalue weighted by atomic mass is 10.1. The molecule has 3 rings (SSSR count). The van der Waals surface area contributed by atoms with Crippen LogP contribution in [0.15, 0.2) is 29.1 Å². The number of aromatic nitrogens is 1. The van der Waals surface area contributed by atoms with Crippen LogP contribution in [0.1, 0.15) is 12.0 Å². The second kappa shape index (κ2) is 3.63. The highest BCUT2D eigenvalue weighted by atomic mass is 16.1. The van der Waals surface area contributed by atoms with Crippen LogP contribution >= 0.6 is 0 Å². The maximum Gasteiger partial charge on any atom is 0.209 e. The third-order valence-corrected chi connectivity index (χ3v) is 3.14. The van der Waals surface area contributed by atoms with E-state index in [-0.39, 0.29) is 11.0 Å². The molecule has 2 heterocycles. The molecule has 1 aliphatic rings. The van der Waals surface area contributed by atoms with E-state index in [2.05, 4.69) is 5.32 Å². The average molecular weight is 225 g/mol. The van der Waals surface area contributed by atoms with Crippen molar-refractivity contribution in [1.82, 2.24) is 4.57 Å². The van der Waals surface area contributed by atoms with E-state index in [0.29, 0.717) is 11.2 Å². The van der Waals surface area contributed by atoms with Gasteiger partial charge in [-0.2, -0.15) is 5.26 Å². The summed E-state index contributed by atoms with van der Waals surface area (Å²) in [6, 6.07) is 9.46. The average Bonchev–Trinajstić information content (AvgIpc) is 2.40. The van der Waals surface area contributed by atoms with E-state index >= 15 is 0 Å². The summed E-state index contributed by atoms with van der Waals surface area (Å²) >= 11 is 0. The maximum absolute atomic E-state index is 12.2. The molecule has 0 unspecified atom stereocenters. The van der Waals surface area contributed by atoms with Gasteiger partial charge in [0.05, 0.1) is 5.52 Å². The molecule has 0 amide bonds. The molecule has 4 nitrogen and oxygen atoms in total. The first-order valence-electron chi connectivity index (χ1n) is 5.62. The second-order valence-electron chi connectivity index (χ2n) is 4.11. The zero-order valence-electron chi connectivity index (χ0n) is 9.23. The van der Waals surface area contributed by atoms with E-state index in [0.717, 1.165) is 25.0 Å². The Labute approximate surface area is 98.1 Å². The molecule has 84 valence electrons. The lowest BCUT2D eigenvalue weighted by Crippen LogP contribution is -2.25. The van der Waals surface area contributed by atoms with Gasteiger partial charge in [0.1, 0.15) is 17.5 Å². The predicted octanol–water partition coefficient (Wildman–Crippen LogP) is 1.69. The fourth-order valence-electron chi connectivity index (χ4n) is 2.36. The zero-order valence-corrected chi connectivity index (χ0v) is 9.23. The molecule has 1 aromatic carbocycles. The van der Waals surface area contributed by atoms with Gasteiger partial charge in [0.2, 0.25) is 5.43 Å². The Morgan fingerprint density at radius 2 is 2.18 bits per heavy atom. The van der Waals surface area contributed by atoms with Gasteiger partial charge in [-0.05, 0) is 18.6 Å². The molecule has 0 bridgehead atoms. The molecule has 0 saturated heterocycles. The first kappa shape index (κ1) is 9.91. The van der Waals surface area contributed by atoms with Crippen molar-refractivity contribution in [1.29, 1.82) is 5.26 Å². The molecule has 1 aromatic heterocycles. The van der Waals surface area contributed by atoms with Gasteiger partial charge >= 0.3 is 0 Å². The number of fused-ring (bicyclic) bond motifs is 3. The Bertz CT molecular complexity index is 694. The van der Waals surface area contributed by atoms with Crippen LogP contribution in [0.4, 0.5) is 5.82 Å². The van der Waals surface area contributed by atoms with Gasteiger partial charge < -0.3 is 9.88 Å². The summed E-state index contributed by atoms with van der Waals surface area (Å²) in [5, 5.41) is 12.9. The molecule has 1 aliphatic heterocycles. The van der Waals surface area contributed by atoms with Crippen molar-refractivity contribution in [3.63, 3.8) is 0 Å². The lowest BCUT2D eigenvalue weighted by molar-refractivity contribution is 0.643. The highest BCUT2D eigenvalue weighted by Gasteiger charge is 2.18. The Hall–Kier alpha value is -2.28. The van der Waals surface area contributed by atoms with E-state index < -0.39 is 0 Å². The normalized spacial score (nSPS) is 13.8. The minimum atomic E-state index is -0.177. The van der Waals surface area contributed by atoms with E-state index in [1.54, 1.807) is 6.07 Å². The van der Waals surface area contributed by atoms with Crippen LogP contribution in [0.3, 0.4) is 0 Å². The molecule has 4 heteroatoms. The summed E-state index contributed by atoms with van der Waals surface area (Å²) in [7, 11) is 0. The predicted molar refractivity (Wildman–Crippen MR) is 66.0 cm³/mol.